The van der Waals surface area contributed by atoms with Gasteiger partial charge in [-0.1, -0.05) is 71.4 Å². The summed E-state index contributed by atoms with van der Waals surface area (Å²) in [5.74, 6) is 0. The van der Waals surface area contributed by atoms with Crippen molar-refractivity contribution < 1.29 is 0 Å². The van der Waals surface area contributed by atoms with E-state index >= 15 is 0 Å². The molecule has 1 rings (SSSR count). The second-order valence-corrected chi connectivity index (χ2v) is 6.90. The van der Waals surface area contributed by atoms with Crippen LogP contribution in [0, 0.1) is 0 Å². The summed E-state index contributed by atoms with van der Waals surface area (Å²) in [5, 5.41) is 2.27. The first-order valence-corrected chi connectivity index (χ1v) is 8.91. The second kappa shape index (κ2) is 8.80. The first-order valence-electron chi connectivity index (χ1n) is 8.03. The van der Waals surface area contributed by atoms with Crippen molar-refractivity contribution in [2.24, 2.45) is 0 Å². The van der Waals surface area contributed by atoms with Crippen molar-refractivity contribution in [3.05, 3.63) is 17.5 Å². The summed E-state index contributed by atoms with van der Waals surface area (Å²) in [6, 6.07) is 4.66. The molecule has 0 unspecified atom stereocenters. The molecule has 0 aliphatic heterocycles. The number of thiophene rings is 1. The molecule has 1 aromatic rings. The zero-order chi connectivity index (χ0) is 13.3. The summed E-state index contributed by atoms with van der Waals surface area (Å²) in [4.78, 5) is 0. The van der Waals surface area contributed by atoms with Crippen molar-refractivity contribution in [1.82, 2.24) is 0 Å². The quantitative estimate of drug-likeness (QED) is 0.469. The van der Waals surface area contributed by atoms with E-state index in [1.165, 1.54) is 57.5 Å². The van der Waals surface area contributed by atoms with Crippen LogP contribution < -0.4 is 4.78 Å². The normalized spacial score (nSPS) is 11.9. The van der Waals surface area contributed by atoms with Crippen LogP contribution in [0.4, 0.5) is 0 Å². The topological polar surface area (TPSA) is 0 Å². The molecule has 0 nitrogen and oxygen atoms in total. The van der Waals surface area contributed by atoms with E-state index in [1.807, 2.05) is 11.3 Å². The zero-order valence-corrected chi connectivity index (χ0v) is 13.4. The van der Waals surface area contributed by atoms with Crippen molar-refractivity contribution in [2.45, 2.75) is 78.3 Å². The molecule has 0 amide bonds. The molecular formula is C16H30BS-. The van der Waals surface area contributed by atoms with Gasteiger partial charge in [0.1, 0.15) is 0 Å². The maximum Gasteiger partial charge on any atom is 0.0394 e. The predicted octanol–water partition coefficient (Wildman–Crippen LogP) is 5.80. The third-order valence-corrected chi connectivity index (χ3v) is 5.68. The maximum atomic E-state index is 2.41. The van der Waals surface area contributed by atoms with Crippen LogP contribution in [0.2, 0.25) is 19.0 Å². The molecule has 0 saturated carbocycles. The van der Waals surface area contributed by atoms with Crippen LogP contribution in [-0.4, -0.2) is 6.15 Å². The standard InChI is InChI=1S/C16H30BS/c1-4-7-12-17(13-8-5-2,14-9-6-3)16-11-10-15-18-16/h10-11,15H,4-9,12-14H2,1-3H3/q-1. The minimum absolute atomic E-state index is 0.251. The lowest BCUT2D eigenvalue weighted by atomic mass is 9.18. The lowest BCUT2D eigenvalue weighted by Gasteiger charge is -2.39. The Morgan fingerprint density at radius 2 is 1.39 bits per heavy atom. The van der Waals surface area contributed by atoms with Gasteiger partial charge in [0, 0.05) is 6.15 Å². The van der Waals surface area contributed by atoms with Crippen LogP contribution in [0.1, 0.15) is 59.3 Å². The largest absolute Gasteiger partial charge is 0.192 e. The van der Waals surface area contributed by atoms with Crippen molar-refractivity contribution in [3.63, 3.8) is 0 Å². The highest BCUT2D eigenvalue weighted by Crippen LogP contribution is 2.29. The second-order valence-electron chi connectivity index (χ2n) is 5.92. The van der Waals surface area contributed by atoms with Crippen LogP contribution >= 0.6 is 11.3 Å². The lowest BCUT2D eigenvalue weighted by molar-refractivity contribution is 0.801. The van der Waals surface area contributed by atoms with Gasteiger partial charge in [-0.3, -0.25) is 0 Å². The number of hydrogen-bond donors (Lipinski definition) is 0. The molecule has 0 radical (unpaired) electrons. The molecule has 0 N–H and O–H groups in total. The zero-order valence-electron chi connectivity index (χ0n) is 12.6. The molecule has 0 spiro atoms. The Kier molecular flexibility index (Phi) is 7.73. The molecule has 1 heterocycles. The first kappa shape index (κ1) is 15.8. The monoisotopic (exact) mass is 265 g/mol. The minimum atomic E-state index is -0.251. The number of unbranched alkanes of at least 4 members (excludes halogenated alkanes) is 3. The van der Waals surface area contributed by atoms with E-state index in [0.717, 1.165) is 0 Å². The van der Waals surface area contributed by atoms with E-state index in [0.29, 0.717) is 0 Å². The van der Waals surface area contributed by atoms with Crippen LogP contribution in [0.3, 0.4) is 0 Å². The number of rotatable bonds is 10. The van der Waals surface area contributed by atoms with Gasteiger partial charge in [0.05, 0.1) is 0 Å². The van der Waals surface area contributed by atoms with Gasteiger partial charge in [-0.05, 0) is 5.38 Å². The van der Waals surface area contributed by atoms with E-state index in [4.69, 9.17) is 0 Å². The van der Waals surface area contributed by atoms with E-state index in [1.54, 1.807) is 4.78 Å². The van der Waals surface area contributed by atoms with Gasteiger partial charge in [0.15, 0.2) is 0 Å². The van der Waals surface area contributed by atoms with Gasteiger partial charge < -0.3 is 0 Å². The summed E-state index contributed by atoms with van der Waals surface area (Å²) < 4.78 is 1.71. The molecule has 0 aliphatic rings. The fourth-order valence-electron chi connectivity index (χ4n) is 3.28. The molecule has 0 saturated heterocycles. The molecule has 18 heavy (non-hydrogen) atoms. The van der Waals surface area contributed by atoms with Gasteiger partial charge in [-0.25, -0.2) is 0 Å². The average molecular weight is 265 g/mol. The highest BCUT2D eigenvalue weighted by molar-refractivity contribution is 7.25. The summed E-state index contributed by atoms with van der Waals surface area (Å²) in [6.07, 6.45) is 12.4. The molecule has 0 atom stereocenters. The van der Waals surface area contributed by atoms with Gasteiger partial charge in [-0.2, -0.15) is 35.1 Å². The summed E-state index contributed by atoms with van der Waals surface area (Å²) in [6.45, 7) is 6.98. The SMILES string of the molecule is CCCC[B-](CCCC)(CCCC)c1cccs1. The Bertz CT molecular complexity index is 270. The van der Waals surface area contributed by atoms with Gasteiger partial charge >= 0.3 is 0 Å². The molecule has 104 valence electrons. The molecule has 1 aromatic heterocycles. The lowest BCUT2D eigenvalue weighted by Crippen LogP contribution is -2.45. The molecule has 0 aromatic carbocycles. The Labute approximate surface area is 118 Å². The minimum Gasteiger partial charge on any atom is -0.192 e. The molecular weight excluding hydrogens is 235 g/mol. The van der Waals surface area contributed by atoms with Crippen molar-refractivity contribution in [3.8, 4) is 0 Å². The van der Waals surface area contributed by atoms with E-state index < -0.39 is 0 Å². The predicted molar refractivity (Wildman–Crippen MR) is 88.9 cm³/mol. The maximum absolute atomic E-state index is 2.41. The Hall–Kier alpha value is -0.235. The van der Waals surface area contributed by atoms with E-state index in [-0.39, 0.29) is 6.15 Å². The highest BCUT2D eigenvalue weighted by Gasteiger charge is 2.25. The fraction of sp³-hybridized carbons (Fsp3) is 0.750. The molecule has 0 aliphatic carbocycles. The number of hydrogen-bond acceptors (Lipinski definition) is 1. The summed E-state index contributed by atoms with van der Waals surface area (Å²) in [5.41, 5.74) is 0. The van der Waals surface area contributed by atoms with Crippen molar-refractivity contribution >= 4 is 22.3 Å². The van der Waals surface area contributed by atoms with Gasteiger partial charge in [0.2, 0.25) is 0 Å². The third kappa shape index (κ3) is 4.46. The van der Waals surface area contributed by atoms with Crippen LogP contribution in [0.25, 0.3) is 0 Å². The fourth-order valence-corrected chi connectivity index (χ4v) is 4.40. The van der Waals surface area contributed by atoms with E-state index in [9.17, 15) is 0 Å². The Morgan fingerprint density at radius 1 is 0.889 bits per heavy atom. The third-order valence-electron chi connectivity index (χ3n) is 4.48. The van der Waals surface area contributed by atoms with Gasteiger partial charge in [0.25, 0.3) is 0 Å². The van der Waals surface area contributed by atoms with Crippen molar-refractivity contribution in [2.75, 3.05) is 0 Å². The average Bonchev–Trinajstić information content (AvgIpc) is 2.93. The molecule has 0 bridgehead atoms. The Balaban J connectivity index is 2.84. The molecule has 2 heteroatoms. The van der Waals surface area contributed by atoms with Crippen LogP contribution in [-0.2, 0) is 0 Å². The van der Waals surface area contributed by atoms with Crippen molar-refractivity contribution in [1.29, 1.82) is 0 Å². The first-order chi connectivity index (χ1) is 8.79. The van der Waals surface area contributed by atoms with Crippen LogP contribution in [0.15, 0.2) is 17.5 Å². The smallest absolute Gasteiger partial charge is 0.0394 e. The van der Waals surface area contributed by atoms with Crippen LogP contribution in [0.5, 0.6) is 0 Å². The summed E-state index contributed by atoms with van der Waals surface area (Å²) in [7, 11) is 0. The Morgan fingerprint density at radius 3 is 1.72 bits per heavy atom. The van der Waals surface area contributed by atoms with Gasteiger partial charge in [-0.15, -0.1) is 0 Å². The molecule has 0 fully saturated rings. The summed E-state index contributed by atoms with van der Waals surface area (Å²) >= 11 is 2.01. The van der Waals surface area contributed by atoms with E-state index in [2.05, 4.69) is 38.3 Å². The highest BCUT2D eigenvalue weighted by atomic mass is 32.1.